The molecule has 0 spiro atoms. The molecule has 1 aliphatic heterocycles. The third-order valence-electron chi connectivity index (χ3n) is 3.21. The van der Waals surface area contributed by atoms with Gasteiger partial charge in [-0.1, -0.05) is 17.7 Å². The van der Waals surface area contributed by atoms with E-state index in [-0.39, 0.29) is 17.6 Å². The quantitative estimate of drug-likeness (QED) is 0.783. The number of morpholine rings is 1. The molecule has 0 aliphatic carbocycles. The summed E-state index contributed by atoms with van der Waals surface area (Å²) in [6.07, 6.45) is 0.0705. The van der Waals surface area contributed by atoms with Crippen molar-refractivity contribution in [2.24, 2.45) is 0 Å². The zero-order chi connectivity index (χ0) is 13.3. The highest BCUT2D eigenvalue weighted by atomic mass is 35.5. The van der Waals surface area contributed by atoms with Crippen molar-refractivity contribution in [1.29, 1.82) is 0 Å². The molecule has 0 aromatic heterocycles. The molecular formula is C14H18ClNO2. The summed E-state index contributed by atoms with van der Waals surface area (Å²) < 4.78 is 5.61. The predicted octanol–water partition coefficient (Wildman–Crippen LogP) is 2.98. The molecule has 1 aliphatic rings. The summed E-state index contributed by atoms with van der Waals surface area (Å²) in [5.74, 6) is 0.0117. The van der Waals surface area contributed by atoms with E-state index in [1.807, 2.05) is 25.7 Å². The third-order valence-corrected chi connectivity index (χ3v) is 3.44. The van der Waals surface area contributed by atoms with E-state index in [0.717, 1.165) is 0 Å². The Morgan fingerprint density at radius 2 is 2.22 bits per heavy atom. The fourth-order valence-corrected chi connectivity index (χ4v) is 2.31. The van der Waals surface area contributed by atoms with Gasteiger partial charge in [-0.25, -0.2) is 0 Å². The Balaban J connectivity index is 2.26. The van der Waals surface area contributed by atoms with Crippen LogP contribution in [-0.4, -0.2) is 35.6 Å². The third kappa shape index (κ3) is 2.68. The van der Waals surface area contributed by atoms with Crippen LogP contribution in [0.4, 0.5) is 0 Å². The van der Waals surface area contributed by atoms with Crippen molar-refractivity contribution in [3.8, 4) is 0 Å². The monoisotopic (exact) mass is 267 g/mol. The van der Waals surface area contributed by atoms with Crippen LogP contribution < -0.4 is 0 Å². The Morgan fingerprint density at radius 3 is 2.89 bits per heavy atom. The number of rotatable bonds is 1. The fourth-order valence-electron chi connectivity index (χ4n) is 2.12. The molecule has 1 aromatic carbocycles. The Morgan fingerprint density at radius 1 is 1.50 bits per heavy atom. The standard InChI is InChI=1S/C14H18ClNO2/c1-10-8-16(14(2,3)9-18-10)13(17)11-5-4-6-12(15)7-11/h4-7,10H,8-9H2,1-3H3. The number of nitrogens with zero attached hydrogens (tertiary/aromatic N) is 1. The molecule has 1 aromatic rings. The Hall–Kier alpha value is -1.06. The molecule has 98 valence electrons. The second kappa shape index (κ2) is 4.90. The van der Waals surface area contributed by atoms with Gasteiger partial charge in [-0.05, 0) is 39.0 Å². The lowest BCUT2D eigenvalue weighted by Gasteiger charge is -2.44. The summed E-state index contributed by atoms with van der Waals surface area (Å²) in [4.78, 5) is 14.4. The first-order valence-electron chi connectivity index (χ1n) is 6.09. The molecule has 2 rings (SSSR count). The molecule has 18 heavy (non-hydrogen) atoms. The SMILES string of the molecule is CC1CN(C(=O)c2cccc(Cl)c2)C(C)(C)CO1. The molecule has 3 nitrogen and oxygen atoms in total. The maximum atomic E-state index is 12.5. The number of amides is 1. The van der Waals surface area contributed by atoms with E-state index in [9.17, 15) is 4.79 Å². The largest absolute Gasteiger partial charge is 0.374 e. The van der Waals surface area contributed by atoms with Gasteiger partial charge in [-0.15, -0.1) is 0 Å². The highest BCUT2D eigenvalue weighted by molar-refractivity contribution is 6.30. The van der Waals surface area contributed by atoms with E-state index in [0.29, 0.717) is 23.7 Å². The van der Waals surface area contributed by atoms with Crippen LogP contribution >= 0.6 is 11.6 Å². The van der Waals surface area contributed by atoms with Crippen LogP contribution in [0.15, 0.2) is 24.3 Å². The predicted molar refractivity (Wildman–Crippen MR) is 72.0 cm³/mol. The molecule has 0 radical (unpaired) electrons. The molecule has 1 atom stereocenters. The zero-order valence-electron chi connectivity index (χ0n) is 10.9. The van der Waals surface area contributed by atoms with Crippen LogP contribution in [-0.2, 0) is 4.74 Å². The van der Waals surface area contributed by atoms with Gasteiger partial charge in [0.1, 0.15) is 0 Å². The number of halogens is 1. The molecule has 0 saturated carbocycles. The number of carbonyl (C=O) groups excluding carboxylic acids is 1. The number of hydrogen-bond acceptors (Lipinski definition) is 2. The average molecular weight is 268 g/mol. The first-order chi connectivity index (χ1) is 8.40. The summed E-state index contributed by atoms with van der Waals surface area (Å²) in [6.45, 7) is 7.18. The molecule has 0 N–H and O–H groups in total. The summed E-state index contributed by atoms with van der Waals surface area (Å²) in [5.41, 5.74) is 0.344. The van der Waals surface area contributed by atoms with Gasteiger partial charge in [0.15, 0.2) is 0 Å². The fraction of sp³-hybridized carbons (Fsp3) is 0.500. The molecule has 1 heterocycles. The molecular weight excluding hydrogens is 250 g/mol. The normalized spacial score (nSPS) is 22.9. The molecule has 4 heteroatoms. The van der Waals surface area contributed by atoms with Crippen LogP contribution in [0.5, 0.6) is 0 Å². The minimum absolute atomic E-state index is 0.0117. The van der Waals surface area contributed by atoms with Gasteiger partial charge in [0.05, 0.1) is 18.2 Å². The summed E-state index contributed by atoms with van der Waals surface area (Å²) in [6, 6.07) is 7.07. The van der Waals surface area contributed by atoms with Crippen molar-refractivity contribution in [3.63, 3.8) is 0 Å². The average Bonchev–Trinajstić information content (AvgIpc) is 2.31. The van der Waals surface area contributed by atoms with Gasteiger partial charge in [0, 0.05) is 17.1 Å². The number of ether oxygens (including phenoxy) is 1. The lowest BCUT2D eigenvalue weighted by Crippen LogP contribution is -2.57. The second-order valence-corrected chi connectivity index (χ2v) is 5.80. The molecule has 1 unspecified atom stereocenters. The number of hydrogen-bond donors (Lipinski definition) is 0. The van der Waals surface area contributed by atoms with Crippen molar-refractivity contribution >= 4 is 17.5 Å². The van der Waals surface area contributed by atoms with Crippen LogP contribution in [0, 0.1) is 0 Å². The van der Waals surface area contributed by atoms with Gasteiger partial charge < -0.3 is 9.64 Å². The second-order valence-electron chi connectivity index (χ2n) is 5.36. The Labute approximate surface area is 113 Å². The Kier molecular flexibility index (Phi) is 3.64. The van der Waals surface area contributed by atoms with Crippen LogP contribution in [0.3, 0.4) is 0 Å². The van der Waals surface area contributed by atoms with Crippen molar-refractivity contribution in [2.45, 2.75) is 32.4 Å². The molecule has 0 bridgehead atoms. The summed E-state index contributed by atoms with van der Waals surface area (Å²) in [5, 5.41) is 0.583. The topological polar surface area (TPSA) is 29.5 Å². The molecule has 1 saturated heterocycles. The Bertz CT molecular complexity index is 459. The number of benzene rings is 1. The highest BCUT2D eigenvalue weighted by Crippen LogP contribution is 2.25. The smallest absolute Gasteiger partial charge is 0.254 e. The van der Waals surface area contributed by atoms with E-state index >= 15 is 0 Å². The minimum Gasteiger partial charge on any atom is -0.374 e. The first-order valence-corrected chi connectivity index (χ1v) is 6.47. The van der Waals surface area contributed by atoms with Crippen LogP contribution in [0.2, 0.25) is 5.02 Å². The van der Waals surface area contributed by atoms with Gasteiger partial charge in [-0.2, -0.15) is 0 Å². The van der Waals surface area contributed by atoms with Gasteiger partial charge in [0.2, 0.25) is 0 Å². The maximum Gasteiger partial charge on any atom is 0.254 e. The van der Waals surface area contributed by atoms with Crippen LogP contribution in [0.1, 0.15) is 31.1 Å². The lowest BCUT2D eigenvalue weighted by molar-refractivity contribution is -0.0755. The van der Waals surface area contributed by atoms with Gasteiger partial charge >= 0.3 is 0 Å². The van der Waals surface area contributed by atoms with Crippen molar-refractivity contribution < 1.29 is 9.53 Å². The van der Waals surface area contributed by atoms with E-state index < -0.39 is 0 Å². The van der Waals surface area contributed by atoms with Crippen LogP contribution in [0.25, 0.3) is 0 Å². The molecule has 1 fully saturated rings. The van der Waals surface area contributed by atoms with Gasteiger partial charge in [0.25, 0.3) is 5.91 Å². The number of carbonyl (C=O) groups is 1. The molecule has 1 amide bonds. The van der Waals surface area contributed by atoms with Crippen molar-refractivity contribution in [2.75, 3.05) is 13.2 Å². The lowest BCUT2D eigenvalue weighted by atomic mass is 9.99. The minimum atomic E-state index is -0.286. The van der Waals surface area contributed by atoms with Crippen molar-refractivity contribution in [1.82, 2.24) is 4.90 Å². The maximum absolute atomic E-state index is 12.5. The highest BCUT2D eigenvalue weighted by Gasteiger charge is 2.37. The van der Waals surface area contributed by atoms with E-state index in [4.69, 9.17) is 16.3 Å². The van der Waals surface area contributed by atoms with E-state index in [1.165, 1.54) is 0 Å². The first kappa shape index (κ1) is 13.4. The van der Waals surface area contributed by atoms with E-state index in [2.05, 4.69) is 0 Å². The van der Waals surface area contributed by atoms with Gasteiger partial charge in [-0.3, -0.25) is 4.79 Å². The van der Waals surface area contributed by atoms with E-state index in [1.54, 1.807) is 24.3 Å². The summed E-state index contributed by atoms with van der Waals surface area (Å²) >= 11 is 5.93. The zero-order valence-corrected chi connectivity index (χ0v) is 11.7. The summed E-state index contributed by atoms with van der Waals surface area (Å²) in [7, 11) is 0. The van der Waals surface area contributed by atoms with Crippen molar-refractivity contribution in [3.05, 3.63) is 34.9 Å².